The minimum atomic E-state index is -4.68. The number of carbonyl (C=O) groups is 1. The molecule has 2 unspecified atom stereocenters. The molecule has 0 bridgehead atoms. The molecule has 0 saturated heterocycles. The third kappa shape index (κ3) is 2.54. The van der Waals surface area contributed by atoms with Crippen LogP contribution in [0.2, 0.25) is 0 Å². The van der Waals surface area contributed by atoms with Crippen molar-refractivity contribution in [3.8, 4) is 11.8 Å². The van der Waals surface area contributed by atoms with Gasteiger partial charge in [-0.3, -0.25) is 4.79 Å². The van der Waals surface area contributed by atoms with E-state index >= 15 is 0 Å². The highest BCUT2D eigenvalue weighted by Crippen LogP contribution is 2.36. The fraction of sp³-hybridized carbons (Fsp3) is 0.385. The molecule has 0 N–H and O–H groups in total. The number of ether oxygens (including phenoxy) is 1. The summed E-state index contributed by atoms with van der Waals surface area (Å²) in [5.74, 6) is -2.49. The number of fused-ring (bicyclic) bond motifs is 1. The number of amides is 1. The molecule has 1 aliphatic heterocycles. The smallest absolute Gasteiger partial charge is 0.406 e. The molecule has 0 aromatic heterocycles. The second-order valence-electron chi connectivity index (χ2n) is 4.40. The molecule has 7 heteroatoms. The zero-order valence-corrected chi connectivity index (χ0v) is 10.5. The first-order valence-corrected chi connectivity index (χ1v) is 5.88. The molecule has 2 atom stereocenters. The summed E-state index contributed by atoms with van der Waals surface area (Å²) in [6, 6.07) is 7.50. The van der Waals surface area contributed by atoms with Crippen LogP contribution in [0.4, 0.5) is 18.9 Å². The van der Waals surface area contributed by atoms with E-state index in [2.05, 4.69) is 0 Å². The molecule has 0 saturated carbocycles. The van der Waals surface area contributed by atoms with E-state index in [0.29, 0.717) is 5.75 Å². The minimum absolute atomic E-state index is 0.250. The molecular formula is C13H11F3N2O2. The lowest BCUT2D eigenvalue weighted by molar-refractivity contribution is -0.157. The van der Waals surface area contributed by atoms with E-state index in [-0.39, 0.29) is 5.69 Å². The van der Waals surface area contributed by atoms with E-state index in [1.165, 1.54) is 19.1 Å². The zero-order chi connectivity index (χ0) is 14.9. The summed E-state index contributed by atoms with van der Waals surface area (Å²) < 4.78 is 43.4. The molecule has 106 valence electrons. The molecule has 0 aliphatic carbocycles. The lowest BCUT2D eigenvalue weighted by Crippen LogP contribution is -2.48. The summed E-state index contributed by atoms with van der Waals surface area (Å²) in [7, 11) is 0. The van der Waals surface area contributed by atoms with Crippen LogP contribution in [-0.2, 0) is 4.79 Å². The Morgan fingerprint density at radius 2 is 2.10 bits per heavy atom. The van der Waals surface area contributed by atoms with Gasteiger partial charge in [0.05, 0.1) is 18.3 Å². The first kappa shape index (κ1) is 14.2. The van der Waals surface area contributed by atoms with Gasteiger partial charge >= 0.3 is 6.18 Å². The molecule has 0 fully saturated rings. The van der Waals surface area contributed by atoms with E-state index in [9.17, 15) is 18.0 Å². The van der Waals surface area contributed by atoms with E-state index in [0.717, 1.165) is 4.90 Å². The number of rotatable bonds is 2. The first-order chi connectivity index (χ1) is 9.34. The maximum Gasteiger partial charge on any atom is 0.406 e. The minimum Gasteiger partial charge on any atom is -0.479 e. The van der Waals surface area contributed by atoms with Gasteiger partial charge in [0.25, 0.3) is 5.91 Å². The molecule has 1 amide bonds. The van der Waals surface area contributed by atoms with Crippen molar-refractivity contribution in [2.75, 3.05) is 11.4 Å². The van der Waals surface area contributed by atoms with Crippen molar-refractivity contribution >= 4 is 11.6 Å². The summed E-state index contributed by atoms with van der Waals surface area (Å²) in [6.07, 6.45) is -5.55. The van der Waals surface area contributed by atoms with Crippen LogP contribution in [0.25, 0.3) is 0 Å². The molecule has 0 spiro atoms. The van der Waals surface area contributed by atoms with Gasteiger partial charge in [-0.1, -0.05) is 12.1 Å². The van der Waals surface area contributed by atoms with Crippen molar-refractivity contribution in [1.29, 1.82) is 5.26 Å². The number of hydrogen-bond acceptors (Lipinski definition) is 3. The number of benzene rings is 1. The zero-order valence-electron chi connectivity index (χ0n) is 10.5. The van der Waals surface area contributed by atoms with Gasteiger partial charge in [0.2, 0.25) is 0 Å². The lowest BCUT2D eigenvalue weighted by Gasteiger charge is -2.34. The van der Waals surface area contributed by atoms with Gasteiger partial charge in [-0.15, -0.1) is 0 Å². The molecule has 1 aromatic carbocycles. The molecule has 1 heterocycles. The molecule has 0 radical (unpaired) electrons. The summed E-state index contributed by atoms with van der Waals surface area (Å²) >= 11 is 0. The van der Waals surface area contributed by atoms with Crippen LogP contribution in [0.15, 0.2) is 24.3 Å². The Morgan fingerprint density at radius 3 is 2.70 bits per heavy atom. The number of nitriles is 1. The number of anilines is 1. The normalized spacial score (nSPS) is 19.9. The Hall–Kier alpha value is -2.23. The van der Waals surface area contributed by atoms with Crippen molar-refractivity contribution < 1.29 is 22.7 Å². The Bertz CT molecular complexity index is 565. The average molecular weight is 284 g/mol. The Labute approximate surface area is 113 Å². The standard InChI is InChI=1S/C13H11F3N2O2/c1-8-12(19)18(7-9(6-17)13(14,15)16)10-4-2-3-5-11(10)20-8/h2-5,8-9H,7H2,1H3. The van der Waals surface area contributed by atoms with Gasteiger partial charge in [-0.25, -0.2) is 0 Å². The highest BCUT2D eigenvalue weighted by molar-refractivity contribution is 5.99. The van der Waals surface area contributed by atoms with Crippen molar-refractivity contribution in [2.45, 2.75) is 19.2 Å². The van der Waals surface area contributed by atoms with Gasteiger partial charge in [0, 0.05) is 0 Å². The largest absolute Gasteiger partial charge is 0.479 e. The number of para-hydroxylation sites is 2. The molecule has 4 nitrogen and oxygen atoms in total. The third-order valence-corrected chi connectivity index (χ3v) is 2.99. The maximum absolute atomic E-state index is 12.7. The monoisotopic (exact) mass is 284 g/mol. The molecule has 2 rings (SSSR count). The van der Waals surface area contributed by atoms with Gasteiger partial charge in [-0.05, 0) is 19.1 Å². The van der Waals surface area contributed by atoms with E-state index in [1.54, 1.807) is 18.2 Å². The molecule has 1 aromatic rings. The van der Waals surface area contributed by atoms with Crippen LogP contribution in [0, 0.1) is 17.2 Å². The summed E-state index contributed by atoms with van der Waals surface area (Å²) in [5.41, 5.74) is 0.250. The van der Waals surface area contributed by atoms with Gasteiger partial charge in [-0.2, -0.15) is 18.4 Å². The Morgan fingerprint density at radius 1 is 1.45 bits per heavy atom. The number of hydrogen-bond donors (Lipinski definition) is 0. The van der Waals surface area contributed by atoms with E-state index in [1.807, 2.05) is 0 Å². The molecule has 1 aliphatic rings. The van der Waals surface area contributed by atoms with Crippen LogP contribution < -0.4 is 9.64 Å². The van der Waals surface area contributed by atoms with Crippen LogP contribution in [0.1, 0.15) is 6.92 Å². The van der Waals surface area contributed by atoms with Crippen molar-refractivity contribution in [3.05, 3.63) is 24.3 Å². The highest BCUT2D eigenvalue weighted by Gasteiger charge is 2.43. The van der Waals surface area contributed by atoms with Crippen molar-refractivity contribution in [3.63, 3.8) is 0 Å². The topological polar surface area (TPSA) is 53.3 Å². The van der Waals surface area contributed by atoms with Crippen LogP contribution >= 0.6 is 0 Å². The third-order valence-electron chi connectivity index (χ3n) is 2.99. The first-order valence-electron chi connectivity index (χ1n) is 5.88. The SMILES string of the molecule is CC1Oc2ccccc2N(CC(C#N)C(F)(F)F)C1=O. The predicted octanol–water partition coefficient (Wildman–Crippen LogP) is 2.50. The number of alkyl halides is 3. The number of nitrogens with zero attached hydrogens (tertiary/aromatic N) is 2. The number of carbonyl (C=O) groups excluding carboxylic acids is 1. The summed E-state index contributed by atoms with van der Waals surface area (Å²) in [6.45, 7) is 0.726. The fourth-order valence-electron chi connectivity index (χ4n) is 1.95. The second-order valence-corrected chi connectivity index (χ2v) is 4.40. The average Bonchev–Trinajstić information content (AvgIpc) is 2.38. The van der Waals surface area contributed by atoms with Gasteiger partial charge in [0.1, 0.15) is 5.75 Å². The Kier molecular flexibility index (Phi) is 3.57. The lowest BCUT2D eigenvalue weighted by atomic mass is 10.1. The number of halogens is 3. The quantitative estimate of drug-likeness (QED) is 0.838. The second kappa shape index (κ2) is 5.04. The van der Waals surface area contributed by atoms with E-state index in [4.69, 9.17) is 10.00 Å². The molecular weight excluding hydrogens is 273 g/mol. The Balaban J connectivity index is 2.35. The van der Waals surface area contributed by atoms with Crippen molar-refractivity contribution in [2.24, 2.45) is 5.92 Å². The van der Waals surface area contributed by atoms with Crippen LogP contribution in [-0.4, -0.2) is 24.7 Å². The summed E-state index contributed by atoms with van der Waals surface area (Å²) in [5, 5.41) is 8.65. The van der Waals surface area contributed by atoms with Crippen LogP contribution in [0.5, 0.6) is 5.75 Å². The fourth-order valence-corrected chi connectivity index (χ4v) is 1.95. The summed E-state index contributed by atoms with van der Waals surface area (Å²) in [4.78, 5) is 13.0. The van der Waals surface area contributed by atoms with Gasteiger partial charge < -0.3 is 9.64 Å². The van der Waals surface area contributed by atoms with Crippen molar-refractivity contribution in [1.82, 2.24) is 0 Å². The van der Waals surface area contributed by atoms with Gasteiger partial charge in [0.15, 0.2) is 12.0 Å². The molecule has 20 heavy (non-hydrogen) atoms. The maximum atomic E-state index is 12.7. The highest BCUT2D eigenvalue weighted by atomic mass is 19.4. The predicted molar refractivity (Wildman–Crippen MR) is 64.0 cm³/mol. The van der Waals surface area contributed by atoms with E-state index < -0.39 is 30.7 Å². The van der Waals surface area contributed by atoms with Crippen LogP contribution in [0.3, 0.4) is 0 Å².